The largest absolute Gasteiger partial charge is 0.340 e. The molecule has 4 aliphatic carbocycles. The van der Waals surface area contributed by atoms with E-state index in [1.165, 1.54) is 54.9 Å². The van der Waals surface area contributed by atoms with Crippen molar-refractivity contribution in [3.8, 4) is 0 Å². The summed E-state index contributed by atoms with van der Waals surface area (Å²) in [7, 11) is 0. The Bertz CT molecular complexity index is 1040. The van der Waals surface area contributed by atoms with Crippen molar-refractivity contribution in [2.75, 3.05) is 31.5 Å². The smallest absolute Gasteiger partial charge is 0.286 e. The summed E-state index contributed by atoms with van der Waals surface area (Å²) < 4.78 is 13.0. The zero-order valence-corrected chi connectivity index (χ0v) is 20.0. The summed E-state index contributed by atoms with van der Waals surface area (Å²) in [5, 5.41) is 12.0. The van der Waals surface area contributed by atoms with Gasteiger partial charge in [0.25, 0.3) is 5.91 Å². The number of anilines is 1. The topological polar surface area (TPSA) is 78.4 Å². The molecular weight excluding hydrogens is 453 g/mol. The molecule has 0 radical (unpaired) electrons. The molecule has 2 aromatic rings. The Morgan fingerprint density at radius 1 is 0.971 bits per heavy atom. The van der Waals surface area contributed by atoms with E-state index >= 15 is 0 Å². The van der Waals surface area contributed by atoms with Crippen molar-refractivity contribution in [3.05, 3.63) is 40.1 Å². The molecule has 4 bridgehead atoms. The van der Waals surface area contributed by atoms with E-state index in [-0.39, 0.29) is 22.1 Å². The standard InChI is InChI=1S/C25H30FN5O2S/c26-19-1-3-20(4-2-19)27-22(32)23-29-28-21(34-23)15-30-5-7-31(8-6-30)24(33)25-12-16-9-17(13-25)11-18(10-16)14-25/h1-4,16-18H,5-15H2,(H,27,32). The van der Waals surface area contributed by atoms with E-state index < -0.39 is 0 Å². The van der Waals surface area contributed by atoms with Gasteiger partial charge in [0, 0.05) is 31.9 Å². The fraction of sp³-hybridized carbons (Fsp3) is 0.600. The van der Waals surface area contributed by atoms with Gasteiger partial charge in [0.05, 0.1) is 12.0 Å². The van der Waals surface area contributed by atoms with Crippen molar-refractivity contribution in [2.45, 2.75) is 45.1 Å². The van der Waals surface area contributed by atoms with Crippen molar-refractivity contribution in [2.24, 2.45) is 23.2 Å². The van der Waals surface area contributed by atoms with Crippen LogP contribution in [0.15, 0.2) is 24.3 Å². The van der Waals surface area contributed by atoms with Gasteiger partial charge in [-0.15, -0.1) is 10.2 Å². The fourth-order valence-electron chi connectivity index (χ4n) is 7.14. The van der Waals surface area contributed by atoms with Gasteiger partial charge in [-0.1, -0.05) is 11.3 Å². The normalized spacial score (nSPS) is 30.5. The molecular formula is C25H30FN5O2S. The number of benzene rings is 1. The molecule has 2 heterocycles. The number of hydrogen-bond donors (Lipinski definition) is 1. The third-order valence-corrected chi connectivity index (χ3v) is 9.18. The predicted molar refractivity (Wildman–Crippen MR) is 127 cm³/mol. The number of aromatic nitrogens is 2. The Kier molecular flexibility index (Phi) is 5.64. The molecule has 1 saturated heterocycles. The molecule has 0 atom stereocenters. The Hall–Kier alpha value is -2.39. The van der Waals surface area contributed by atoms with Crippen LogP contribution in [0.25, 0.3) is 0 Å². The Balaban J connectivity index is 1.02. The summed E-state index contributed by atoms with van der Waals surface area (Å²) in [6, 6.07) is 5.63. The summed E-state index contributed by atoms with van der Waals surface area (Å²) in [4.78, 5) is 30.4. The van der Waals surface area contributed by atoms with Crippen molar-refractivity contribution in [1.82, 2.24) is 20.0 Å². The molecule has 0 spiro atoms. The molecule has 1 aliphatic heterocycles. The lowest BCUT2D eigenvalue weighted by atomic mass is 9.49. The van der Waals surface area contributed by atoms with Crippen molar-refractivity contribution in [1.29, 1.82) is 0 Å². The minimum absolute atomic E-state index is 0.0665. The number of rotatable bonds is 5. The van der Waals surface area contributed by atoms with Crippen LogP contribution in [-0.2, 0) is 11.3 Å². The summed E-state index contributed by atoms with van der Waals surface area (Å²) in [5.41, 5.74) is 0.450. The maximum Gasteiger partial charge on any atom is 0.286 e. The quantitative estimate of drug-likeness (QED) is 0.700. The van der Waals surface area contributed by atoms with Crippen LogP contribution in [0.2, 0.25) is 0 Å². The van der Waals surface area contributed by atoms with Gasteiger partial charge in [0.15, 0.2) is 0 Å². The van der Waals surface area contributed by atoms with Gasteiger partial charge in [0.1, 0.15) is 10.8 Å². The summed E-state index contributed by atoms with van der Waals surface area (Å²) >= 11 is 1.27. The van der Waals surface area contributed by atoms with Crippen LogP contribution in [0.5, 0.6) is 0 Å². The van der Waals surface area contributed by atoms with Crippen LogP contribution >= 0.6 is 11.3 Å². The second-order valence-corrected chi connectivity index (χ2v) is 11.8. The lowest BCUT2D eigenvalue weighted by Gasteiger charge is -2.57. The number of piperazine rings is 1. The first kappa shape index (κ1) is 22.1. The Morgan fingerprint density at radius 2 is 1.59 bits per heavy atom. The van der Waals surface area contributed by atoms with Crippen LogP contribution in [-0.4, -0.2) is 58.0 Å². The molecule has 9 heteroatoms. The Labute approximate surface area is 202 Å². The molecule has 180 valence electrons. The highest BCUT2D eigenvalue weighted by atomic mass is 32.1. The number of carbonyl (C=O) groups excluding carboxylic acids is 2. The zero-order valence-electron chi connectivity index (χ0n) is 19.2. The van der Waals surface area contributed by atoms with Gasteiger partial charge in [-0.25, -0.2) is 4.39 Å². The molecule has 34 heavy (non-hydrogen) atoms. The predicted octanol–water partition coefficient (Wildman–Crippen LogP) is 3.79. The first-order chi connectivity index (χ1) is 16.5. The average molecular weight is 484 g/mol. The Morgan fingerprint density at radius 3 is 2.21 bits per heavy atom. The van der Waals surface area contributed by atoms with Crippen molar-refractivity contribution >= 4 is 28.8 Å². The molecule has 1 aromatic heterocycles. The number of halogens is 1. The van der Waals surface area contributed by atoms with Crippen molar-refractivity contribution in [3.63, 3.8) is 0 Å². The van der Waals surface area contributed by atoms with E-state index in [2.05, 4.69) is 25.3 Å². The number of carbonyl (C=O) groups is 2. The average Bonchev–Trinajstić information content (AvgIpc) is 3.28. The number of nitrogens with one attached hydrogen (secondary N) is 1. The highest BCUT2D eigenvalue weighted by Crippen LogP contribution is 2.60. The molecule has 5 fully saturated rings. The van der Waals surface area contributed by atoms with Gasteiger partial charge in [0.2, 0.25) is 10.9 Å². The van der Waals surface area contributed by atoms with Crippen LogP contribution in [0.3, 0.4) is 0 Å². The second kappa shape index (κ2) is 8.68. The molecule has 7 nitrogen and oxygen atoms in total. The van der Waals surface area contributed by atoms with E-state index in [1.54, 1.807) is 0 Å². The molecule has 0 unspecified atom stereocenters. The molecule has 2 amide bonds. The van der Waals surface area contributed by atoms with Gasteiger partial charge in [-0.2, -0.15) is 0 Å². The number of hydrogen-bond acceptors (Lipinski definition) is 6. The lowest BCUT2D eigenvalue weighted by Crippen LogP contribution is -2.58. The monoisotopic (exact) mass is 483 g/mol. The highest BCUT2D eigenvalue weighted by molar-refractivity contribution is 7.13. The second-order valence-electron chi connectivity index (χ2n) is 10.7. The fourth-order valence-corrected chi connectivity index (χ4v) is 7.91. The zero-order chi connectivity index (χ0) is 23.3. The molecule has 1 N–H and O–H groups in total. The van der Waals surface area contributed by atoms with Gasteiger partial charge >= 0.3 is 0 Å². The van der Waals surface area contributed by atoms with Gasteiger partial charge in [-0.3, -0.25) is 14.5 Å². The van der Waals surface area contributed by atoms with E-state index in [0.717, 1.165) is 68.2 Å². The third-order valence-electron chi connectivity index (χ3n) is 8.27. The van der Waals surface area contributed by atoms with E-state index in [4.69, 9.17) is 0 Å². The molecule has 7 rings (SSSR count). The van der Waals surface area contributed by atoms with Crippen LogP contribution in [0.4, 0.5) is 10.1 Å². The molecule has 5 aliphatic rings. The van der Waals surface area contributed by atoms with E-state index in [1.807, 2.05) is 0 Å². The summed E-state index contributed by atoms with van der Waals surface area (Å²) in [5.74, 6) is 2.06. The minimum atomic E-state index is -0.351. The highest BCUT2D eigenvalue weighted by Gasteiger charge is 2.55. The van der Waals surface area contributed by atoms with Crippen LogP contribution < -0.4 is 5.32 Å². The van der Waals surface area contributed by atoms with E-state index in [9.17, 15) is 14.0 Å². The summed E-state index contributed by atoms with van der Waals surface area (Å²) in [6.07, 6.45) is 7.41. The minimum Gasteiger partial charge on any atom is -0.340 e. The van der Waals surface area contributed by atoms with E-state index in [0.29, 0.717) is 18.1 Å². The van der Waals surface area contributed by atoms with Gasteiger partial charge in [-0.05, 0) is 80.5 Å². The van der Waals surface area contributed by atoms with Crippen LogP contribution in [0, 0.1) is 29.0 Å². The van der Waals surface area contributed by atoms with Gasteiger partial charge < -0.3 is 10.2 Å². The number of nitrogens with zero attached hydrogens (tertiary/aromatic N) is 4. The first-order valence-corrected chi connectivity index (χ1v) is 13.2. The van der Waals surface area contributed by atoms with Crippen LogP contribution in [0.1, 0.15) is 53.3 Å². The maximum atomic E-state index is 13.6. The number of amides is 2. The van der Waals surface area contributed by atoms with Crippen molar-refractivity contribution < 1.29 is 14.0 Å². The SMILES string of the molecule is O=C(Nc1ccc(F)cc1)c1nnc(CN2CCN(C(=O)C34CC5CC(CC(C5)C3)C4)CC2)s1. The first-order valence-electron chi connectivity index (χ1n) is 12.4. The lowest BCUT2D eigenvalue weighted by molar-refractivity contribution is -0.159. The summed E-state index contributed by atoms with van der Waals surface area (Å²) in [6.45, 7) is 3.78. The molecule has 4 saturated carbocycles. The third kappa shape index (κ3) is 4.24. The maximum absolute atomic E-state index is 13.6. The molecule has 1 aromatic carbocycles.